The predicted molar refractivity (Wildman–Crippen MR) is 103 cm³/mol. The minimum atomic E-state index is 0. The maximum Gasteiger partial charge on any atom is 0.138 e. The van der Waals surface area contributed by atoms with E-state index in [9.17, 15) is 0 Å². The number of likely N-dealkylation sites (tertiary alicyclic amines) is 1. The van der Waals surface area contributed by atoms with Crippen LogP contribution in [0, 0.1) is 0 Å². The van der Waals surface area contributed by atoms with E-state index in [1.165, 1.54) is 31.6 Å². The van der Waals surface area contributed by atoms with Gasteiger partial charge in [0, 0.05) is 51.9 Å². The maximum atomic E-state index is 6.31. The predicted octanol–water partition coefficient (Wildman–Crippen LogP) is 2.81. The maximum absolute atomic E-state index is 6.31. The minimum absolute atomic E-state index is 0. The number of halogens is 2. The smallest absolute Gasteiger partial charge is 0.138 e. The highest BCUT2D eigenvalue weighted by Crippen LogP contribution is 2.27. The Labute approximate surface area is 156 Å². The second-order valence-corrected chi connectivity index (χ2v) is 6.74. The molecule has 2 aliphatic heterocycles. The van der Waals surface area contributed by atoms with Crippen LogP contribution in [0.3, 0.4) is 0 Å². The van der Waals surface area contributed by atoms with E-state index in [4.69, 9.17) is 16.3 Å². The third kappa shape index (κ3) is 5.11. The summed E-state index contributed by atoms with van der Waals surface area (Å²) in [5, 5.41) is 4.11. The number of nitrogens with zero attached hydrogens (tertiary/aromatic N) is 2. The van der Waals surface area contributed by atoms with Crippen LogP contribution < -0.4 is 10.1 Å². The molecule has 2 heterocycles. The standard InChI is InChI=1S/C18H26ClN3O.ClH/c1-2-11-23-18-4-3-15(12-17(18)19)13-21-8-5-16(14-21)22-9-6-20-7-10-22;/h2-4,12,16,20H,1,5-11,13-14H2;1H. The first-order chi connectivity index (χ1) is 11.3. The molecule has 0 amide bonds. The summed E-state index contributed by atoms with van der Waals surface area (Å²) in [6.45, 7) is 12.0. The molecule has 2 fully saturated rings. The Balaban J connectivity index is 0.00000208. The largest absolute Gasteiger partial charge is 0.488 e. The Bertz CT molecular complexity index is 535. The second kappa shape index (κ2) is 9.64. The van der Waals surface area contributed by atoms with Crippen molar-refractivity contribution >= 4 is 24.0 Å². The molecule has 6 heteroatoms. The SMILES string of the molecule is C=CCOc1ccc(CN2CCC(N3CCNCC3)C2)cc1Cl.Cl. The molecule has 0 aliphatic carbocycles. The summed E-state index contributed by atoms with van der Waals surface area (Å²) in [5.74, 6) is 0.732. The van der Waals surface area contributed by atoms with Gasteiger partial charge in [0.2, 0.25) is 0 Å². The lowest BCUT2D eigenvalue weighted by atomic mass is 10.2. The molecule has 1 unspecified atom stereocenters. The Morgan fingerprint density at radius 3 is 2.79 bits per heavy atom. The van der Waals surface area contributed by atoms with Gasteiger partial charge in [-0.3, -0.25) is 9.80 Å². The first-order valence-electron chi connectivity index (χ1n) is 8.45. The van der Waals surface area contributed by atoms with Crippen LogP contribution in [0.15, 0.2) is 30.9 Å². The molecule has 3 rings (SSSR count). The van der Waals surface area contributed by atoms with Crippen molar-refractivity contribution in [2.75, 3.05) is 45.9 Å². The average molecular weight is 372 g/mol. The van der Waals surface area contributed by atoms with Gasteiger partial charge in [0.05, 0.1) is 5.02 Å². The van der Waals surface area contributed by atoms with Crippen LogP contribution in [0.1, 0.15) is 12.0 Å². The highest BCUT2D eigenvalue weighted by molar-refractivity contribution is 6.32. The Morgan fingerprint density at radius 2 is 2.08 bits per heavy atom. The first kappa shape index (κ1) is 19.5. The number of nitrogens with one attached hydrogen (secondary N) is 1. The zero-order valence-electron chi connectivity index (χ0n) is 14.0. The number of hydrogen-bond donors (Lipinski definition) is 1. The molecule has 0 bridgehead atoms. The van der Waals surface area contributed by atoms with Gasteiger partial charge < -0.3 is 10.1 Å². The van der Waals surface area contributed by atoms with E-state index in [-0.39, 0.29) is 12.4 Å². The molecular formula is C18H27Cl2N3O. The Kier molecular flexibility index (Phi) is 7.85. The third-order valence-electron chi connectivity index (χ3n) is 4.67. The molecule has 1 aromatic carbocycles. The molecule has 1 aromatic rings. The molecule has 0 radical (unpaired) electrons. The summed E-state index contributed by atoms with van der Waals surface area (Å²) >= 11 is 6.31. The molecule has 2 saturated heterocycles. The monoisotopic (exact) mass is 371 g/mol. The number of benzene rings is 1. The van der Waals surface area contributed by atoms with Gasteiger partial charge in [0.25, 0.3) is 0 Å². The van der Waals surface area contributed by atoms with Crippen LogP contribution in [-0.4, -0.2) is 61.7 Å². The van der Waals surface area contributed by atoms with Crippen LogP contribution in [0.25, 0.3) is 0 Å². The molecule has 134 valence electrons. The van der Waals surface area contributed by atoms with Crippen LogP contribution in [0.4, 0.5) is 0 Å². The van der Waals surface area contributed by atoms with Crippen molar-refractivity contribution in [3.05, 3.63) is 41.4 Å². The summed E-state index contributed by atoms with van der Waals surface area (Å²) in [5.41, 5.74) is 1.25. The van der Waals surface area contributed by atoms with Crippen molar-refractivity contribution in [1.82, 2.24) is 15.1 Å². The fraction of sp³-hybridized carbons (Fsp3) is 0.556. The van der Waals surface area contributed by atoms with E-state index in [0.717, 1.165) is 31.9 Å². The summed E-state index contributed by atoms with van der Waals surface area (Å²) in [4.78, 5) is 5.17. The summed E-state index contributed by atoms with van der Waals surface area (Å²) in [6, 6.07) is 6.81. The van der Waals surface area contributed by atoms with E-state index in [0.29, 0.717) is 17.7 Å². The van der Waals surface area contributed by atoms with Gasteiger partial charge in [-0.2, -0.15) is 0 Å². The van der Waals surface area contributed by atoms with Crippen molar-refractivity contribution < 1.29 is 4.74 Å². The van der Waals surface area contributed by atoms with Crippen molar-refractivity contribution in [3.63, 3.8) is 0 Å². The second-order valence-electron chi connectivity index (χ2n) is 6.33. The van der Waals surface area contributed by atoms with Gasteiger partial charge in [-0.25, -0.2) is 0 Å². The van der Waals surface area contributed by atoms with Crippen molar-refractivity contribution in [3.8, 4) is 5.75 Å². The summed E-state index contributed by atoms with van der Waals surface area (Å²) in [6.07, 6.45) is 3.00. The van der Waals surface area contributed by atoms with Crippen LogP contribution >= 0.6 is 24.0 Å². The number of hydrogen-bond acceptors (Lipinski definition) is 4. The first-order valence-corrected chi connectivity index (χ1v) is 8.83. The highest BCUT2D eigenvalue weighted by Gasteiger charge is 2.28. The molecule has 2 aliphatic rings. The average Bonchev–Trinajstić information content (AvgIpc) is 3.03. The lowest BCUT2D eigenvalue weighted by Gasteiger charge is -2.32. The molecule has 1 N–H and O–H groups in total. The van der Waals surface area contributed by atoms with Crippen LogP contribution in [0.5, 0.6) is 5.75 Å². The zero-order chi connectivity index (χ0) is 16.1. The lowest BCUT2D eigenvalue weighted by Crippen LogP contribution is -2.49. The van der Waals surface area contributed by atoms with Gasteiger partial charge in [0.15, 0.2) is 0 Å². The van der Waals surface area contributed by atoms with Crippen LogP contribution in [0.2, 0.25) is 5.02 Å². The summed E-state index contributed by atoms with van der Waals surface area (Å²) in [7, 11) is 0. The quantitative estimate of drug-likeness (QED) is 0.778. The Hall–Kier alpha value is -0.780. The van der Waals surface area contributed by atoms with E-state index < -0.39 is 0 Å². The topological polar surface area (TPSA) is 27.7 Å². The molecule has 0 aromatic heterocycles. The van der Waals surface area contributed by atoms with Crippen LogP contribution in [-0.2, 0) is 6.54 Å². The molecule has 1 atom stereocenters. The fourth-order valence-electron chi connectivity index (χ4n) is 3.47. The lowest BCUT2D eigenvalue weighted by molar-refractivity contribution is 0.170. The van der Waals surface area contributed by atoms with Crippen molar-refractivity contribution in [2.45, 2.75) is 19.0 Å². The van der Waals surface area contributed by atoms with Gasteiger partial charge >= 0.3 is 0 Å². The molecule has 0 saturated carbocycles. The van der Waals surface area contributed by atoms with Crippen molar-refractivity contribution in [2.24, 2.45) is 0 Å². The molecule has 24 heavy (non-hydrogen) atoms. The molecule has 0 spiro atoms. The third-order valence-corrected chi connectivity index (χ3v) is 4.97. The molecule has 4 nitrogen and oxygen atoms in total. The zero-order valence-corrected chi connectivity index (χ0v) is 15.6. The van der Waals surface area contributed by atoms with E-state index >= 15 is 0 Å². The van der Waals surface area contributed by atoms with Crippen molar-refractivity contribution in [1.29, 1.82) is 0 Å². The minimum Gasteiger partial charge on any atom is -0.488 e. The highest BCUT2D eigenvalue weighted by atomic mass is 35.5. The van der Waals surface area contributed by atoms with Gasteiger partial charge in [0.1, 0.15) is 12.4 Å². The fourth-order valence-corrected chi connectivity index (χ4v) is 3.73. The number of piperazine rings is 1. The van der Waals surface area contributed by atoms with Gasteiger partial charge in [-0.15, -0.1) is 12.4 Å². The van der Waals surface area contributed by atoms with Gasteiger partial charge in [-0.05, 0) is 24.1 Å². The van der Waals surface area contributed by atoms with E-state index in [1.54, 1.807) is 6.08 Å². The Morgan fingerprint density at radius 1 is 1.29 bits per heavy atom. The van der Waals surface area contributed by atoms with Gasteiger partial charge in [-0.1, -0.05) is 30.3 Å². The number of rotatable bonds is 6. The van der Waals surface area contributed by atoms with E-state index in [2.05, 4.69) is 27.8 Å². The summed E-state index contributed by atoms with van der Waals surface area (Å²) < 4.78 is 5.53. The van der Waals surface area contributed by atoms with E-state index in [1.807, 2.05) is 12.1 Å². The molecular weight excluding hydrogens is 345 g/mol. The normalized spacial score (nSPS) is 22.1. The number of ether oxygens (including phenoxy) is 1.